The number of esters is 1. The van der Waals surface area contributed by atoms with Gasteiger partial charge in [0, 0.05) is 32.1 Å². The average Bonchev–Trinajstić information content (AvgIpc) is 2.77. The molecule has 0 radical (unpaired) electrons. The highest BCUT2D eigenvalue weighted by atomic mass is 32.2. The third kappa shape index (κ3) is 4.86. The van der Waals surface area contributed by atoms with Gasteiger partial charge in [-0.15, -0.1) is 0 Å². The molecule has 2 saturated heterocycles. The monoisotopic (exact) mass is 464 g/mol. The van der Waals surface area contributed by atoms with E-state index in [4.69, 9.17) is 4.74 Å². The van der Waals surface area contributed by atoms with E-state index in [1.807, 2.05) is 33.8 Å². The molecule has 1 unspecified atom stereocenters. The van der Waals surface area contributed by atoms with Crippen molar-refractivity contribution < 1.29 is 22.7 Å². The van der Waals surface area contributed by atoms with Crippen LogP contribution in [-0.4, -0.2) is 62.3 Å². The van der Waals surface area contributed by atoms with Crippen molar-refractivity contribution in [1.82, 2.24) is 9.21 Å². The lowest BCUT2D eigenvalue weighted by Crippen LogP contribution is -2.48. The van der Waals surface area contributed by atoms with Crippen molar-refractivity contribution in [3.63, 3.8) is 0 Å². The lowest BCUT2D eigenvalue weighted by molar-refractivity contribution is -0.152. The Kier molecular flexibility index (Phi) is 7.65. The van der Waals surface area contributed by atoms with Gasteiger partial charge >= 0.3 is 5.97 Å². The Hall–Kier alpha value is -1.93. The number of sulfonamides is 1. The standard InChI is InChI=1S/C24H36N2O5S/c1-6-31-24(28)21-8-7-11-25(15-21)23(27)20-9-12-26(13-10-20)32(29,30)22-18(4)16(2)14-17(3)19(22)5/h14,20-21H,6-13,15H2,1-5H3. The number of piperidine rings is 2. The number of benzene rings is 1. The molecular weight excluding hydrogens is 428 g/mol. The van der Waals surface area contributed by atoms with Crippen molar-refractivity contribution in [3.05, 3.63) is 28.3 Å². The molecule has 8 heteroatoms. The molecule has 0 aromatic heterocycles. The highest BCUT2D eigenvalue weighted by Crippen LogP contribution is 2.32. The number of amides is 1. The number of hydrogen-bond acceptors (Lipinski definition) is 5. The van der Waals surface area contributed by atoms with Gasteiger partial charge in [0.25, 0.3) is 0 Å². The zero-order valence-corrected chi connectivity index (χ0v) is 20.8. The molecule has 7 nitrogen and oxygen atoms in total. The molecule has 1 amide bonds. The molecule has 2 fully saturated rings. The van der Waals surface area contributed by atoms with Crippen LogP contribution in [0.4, 0.5) is 0 Å². The predicted molar refractivity (Wildman–Crippen MR) is 123 cm³/mol. The van der Waals surface area contributed by atoms with Crippen LogP contribution in [-0.2, 0) is 24.3 Å². The van der Waals surface area contributed by atoms with Gasteiger partial charge in [0.2, 0.25) is 15.9 Å². The first kappa shape index (κ1) is 24.7. The minimum atomic E-state index is -3.62. The first-order valence-corrected chi connectivity index (χ1v) is 13.0. The SMILES string of the molecule is CCOC(=O)C1CCCN(C(=O)C2CCN(S(=O)(=O)c3c(C)c(C)cc(C)c3C)CC2)C1. The second-order valence-corrected chi connectivity index (χ2v) is 11.0. The van der Waals surface area contributed by atoms with Gasteiger partial charge in [-0.25, -0.2) is 8.42 Å². The average molecular weight is 465 g/mol. The molecule has 1 aromatic rings. The molecule has 3 rings (SSSR count). The normalized spacial score (nSPS) is 20.9. The number of likely N-dealkylation sites (tertiary alicyclic amines) is 1. The summed E-state index contributed by atoms with van der Waals surface area (Å²) >= 11 is 0. The van der Waals surface area contributed by atoms with Gasteiger partial charge < -0.3 is 9.64 Å². The number of ether oxygens (including phenoxy) is 1. The van der Waals surface area contributed by atoms with Crippen molar-refractivity contribution in [2.24, 2.45) is 11.8 Å². The molecule has 0 spiro atoms. The minimum Gasteiger partial charge on any atom is -0.466 e. The van der Waals surface area contributed by atoms with E-state index in [-0.39, 0.29) is 23.7 Å². The van der Waals surface area contributed by atoms with Crippen LogP contribution in [0.25, 0.3) is 0 Å². The van der Waals surface area contributed by atoms with Crippen LogP contribution in [0.3, 0.4) is 0 Å². The number of rotatable bonds is 5. The van der Waals surface area contributed by atoms with E-state index in [1.165, 1.54) is 4.31 Å². The molecule has 0 aliphatic carbocycles. The summed E-state index contributed by atoms with van der Waals surface area (Å²) < 4.78 is 33.6. The van der Waals surface area contributed by atoms with E-state index in [9.17, 15) is 18.0 Å². The van der Waals surface area contributed by atoms with Crippen molar-refractivity contribution in [1.29, 1.82) is 0 Å². The quantitative estimate of drug-likeness (QED) is 0.625. The largest absolute Gasteiger partial charge is 0.466 e. The van der Waals surface area contributed by atoms with Gasteiger partial charge in [-0.05, 0) is 82.6 Å². The van der Waals surface area contributed by atoms with Gasteiger partial charge in [0.05, 0.1) is 17.4 Å². The Balaban J connectivity index is 1.67. The molecule has 1 aromatic carbocycles. The van der Waals surface area contributed by atoms with Crippen LogP contribution in [0.2, 0.25) is 0 Å². The maximum atomic E-state index is 13.5. The van der Waals surface area contributed by atoms with Crippen LogP contribution in [0.15, 0.2) is 11.0 Å². The lowest BCUT2D eigenvalue weighted by atomic mass is 9.93. The molecule has 0 N–H and O–H groups in total. The highest BCUT2D eigenvalue weighted by molar-refractivity contribution is 7.89. The van der Waals surface area contributed by atoms with E-state index in [2.05, 4.69) is 0 Å². The van der Waals surface area contributed by atoms with Crippen LogP contribution >= 0.6 is 0 Å². The van der Waals surface area contributed by atoms with Gasteiger partial charge in [-0.1, -0.05) is 6.07 Å². The Bertz CT molecular complexity index is 954. The lowest BCUT2D eigenvalue weighted by Gasteiger charge is -2.37. The van der Waals surface area contributed by atoms with Gasteiger partial charge in [-0.2, -0.15) is 4.31 Å². The summed E-state index contributed by atoms with van der Waals surface area (Å²) in [6.07, 6.45) is 2.53. The van der Waals surface area contributed by atoms with E-state index in [0.29, 0.717) is 50.5 Å². The third-order valence-electron chi connectivity index (χ3n) is 7.05. The van der Waals surface area contributed by atoms with Crippen molar-refractivity contribution in [2.75, 3.05) is 32.8 Å². The van der Waals surface area contributed by atoms with Crippen molar-refractivity contribution >= 4 is 21.9 Å². The summed E-state index contributed by atoms with van der Waals surface area (Å²) in [5.41, 5.74) is 3.53. The molecule has 1 atom stereocenters. The van der Waals surface area contributed by atoms with Gasteiger partial charge in [0.15, 0.2) is 0 Å². The zero-order chi connectivity index (χ0) is 23.6. The Morgan fingerprint density at radius 3 is 2.12 bits per heavy atom. The number of hydrogen-bond donors (Lipinski definition) is 0. The smallest absolute Gasteiger partial charge is 0.310 e. The second-order valence-electron chi connectivity index (χ2n) is 9.14. The number of aryl methyl sites for hydroxylation is 2. The summed E-state index contributed by atoms with van der Waals surface area (Å²) in [5, 5.41) is 0. The molecule has 2 aliphatic heterocycles. The Morgan fingerprint density at radius 2 is 1.56 bits per heavy atom. The second kappa shape index (κ2) is 9.91. The molecule has 0 saturated carbocycles. The van der Waals surface area contributed by atoms with E-state index in [0.717, 1.165) is 35.1 Å². The molecule has 2 heterocycles. The van der Waals surface area contributed by atoms with E-state index >= 15 is 0 Å². The summed E-state index contributed by atoms with van der Waals surface area (Å²) in [6, 6.07) is 2.02. The summed E-state index contributed by atoms with van der Waals surface area (Å²) in [7, 11) is -3.62. The fourth-order valence-electron chi connectivity index (χ4n) is 4.93. The van der Waals surface area contributed by atoms with Crippen molar-refractivity contribution in [2.45, 2.75) is 65.2 Å². The van der Waals surface area contributed by atoms with Gasteiger partial charge in [-0.3, -0.25) is 9.59 Å². The summed E-state index contributed by atoms with van der Waals surface area (Å²) in [6.45, 7) is 11.4. The number of carbonyl (C=O) groups excluding carboxylic acids is 2. The minimum absolute atomic E-state index is 0.0369. The topological polar surface area (TPSA) is 84.0 Å². The van der Waals surface area contributed by atoms with Crippen molar-refractivity contribution in [3.8, 4) is 0 Å². The Labute approximate surface area is 192 Å². The Morgan fingerprint density at radius 1 is 0.969 bits per heavy atom. The fraction of sp³-hybridized carbons (Fsp3) is 0.667. The first-order chi connectivity index (χ1) is 15.1. The van der Waals surface area contributed by atoms with Crippen LogP contribution in [0.5, 0.6) is 0 Å². The molecule has 2 aliphatic rings. The highest BCUT2D eigenvalue weighted by Gasteiger charge is 2.37. The van der Waals surface area contributed by atoms with Crippen LogP contribution < -0.4 is 0 Å². The summed E-state index contributed by atoms with van der Waals surface area (Å²) in [4.78, 5) is 27.4. The molecular formula is C24H36N2O5S. The fourth-order valence-corrected chi connectivity index (χ4v) is 6.97. The maximum Gasteiger partial charge on any atom is 0.310 e. The van der Waals surface area contributed by atoms with Gasteiger partial charge in [0.1, 0.15) is 0 Å². The molecule has 178 valence electrons. The van der Waals surface area contributed by atoms with Crippen LogP contribution in [0, 0.1) is 39.5 Å². The van der Waals surface area contributed by atoms with E-state index in [1.54, 1.807) is 11.8 Å². The summed E-state index contributed by atoms with van der Waals surface area (Å²) in [5.74, 6) is -0.660. The maximum absolute atomic E-state index is 13.5. The zero-order valence-electron chi connectivity index (χ0n) is 19.9. The number of nitrogens with zero attached hydrogens (tertiary/aromatic N) is 2. The number of carbonyl (C=O) groups is 2. The van der Waals surface area contributed by atoms with E-state index < -0.39 is 10.0 Å². The predicted octanol–water partition coefficient (Wildman–Crippen LogP) is 3.12. The molecule has 32 heavy (non-hydrogen) atoms. The van der Waals surface area contributed by atoms with Crippen LogP contribution in [0.1, 0.15) is 54.9 Å². The first-order valence-electron chi connectivity index (χ1n) is 11.6. The third-order valence-corrected chi connectivity index (χ3v) is 9.22. The molecule has 0 bridgehead atoms.